The number of hydrogen-bond acceptors (Lipinski definition) is 6. The molecule has 1 aromatic heterocycles. The smallest absolute Gasteiger partial charge is 0.358 e. The first-order chi connectivity index (χ1) is 12.0. The standard InChI is InChI=1S/C15H22N6O4.ClH/c1-11-17-13(21(24)25)9-19(11)10-15(23)18-5-2-3-12(8-18)20-6-4-16-7-14(20)22;/h9,12,16H,2-8,10H2,1H3;1H. The molecule has 2 aliphatic rings. The fraction of sp³-hybridized carbons (Fsp3) is 0.667. The van der Waals surface area contributed by atoms with E-state index in [4.69, 9.17) is 0 Å². The number of amides is 2. The highest BCUT2D eigenvalue weighted by Gasteiger charge is 2.32. The van der Waals surface area contributed by atoms with Gasteiger partial charge in [0.2, 0.25) is 17.6 Å². The predicted octanol–water partition coefficient (Wildman–Crippen LogP) is -0.0557. The number of aryl methyl sites for hydroxylation is 1. The highest BCUT2D eigenvalue weighted by atomic mass is 35.5. The molecule has 0 spiro atoms. The van der Waals surface area contributed by atoms with E-state index >= 15 is 0 Å². The van der Waals surface area contributed by atoms with Crippen LogP contribution in [0.2, 0.25) is 0 Å². The lowest BCUT2D eigenvalue weighted by molar-refractivity contribution is -0.389. The van der Waals surface area contributed by atoms with Gasteiger partial charge in [-0.2, -0.15) is 0 Å². The average molecular weight is 387 g/mol. The quantitative estimate of drug-likeness (QED) is 0.573. The lowest BCUT2D eigenvalue weighted by Crippen LogP contribution is -2.57. The first-order valence-electron chi connectivity index (χ1n) is 8.42. The maximum absolute atomic E-state index is 12.6. The maximum atomic E-state index is 12.6. The fourth-order valence-electron chi connectivity index (χ4n) is 3.43. The Morgan fingerprint density at radius 2 is 2.23 bits per heavy atom. The van der Waals surface area contributed by atoms with E-state index in [0.717, 1.165) is 19.4 Å². The summed E-state index contributed by atoms with van der Waals surface area (Å²) in [5.41, 5.74) is 0. The second-order valence-corrected chi connectivity index (χ2v) is 6.43. The summed E-state index contributed by atoms with van der Waals surface area (Å²) in [6, 6.07) is 0.0468. The van der Waals surface area contributed by atoms with Crippen LogP contribution in [0.5, 0.6) is 0 Å². The van der Waals surface area contributed by atoms with Crippen LogP contribution in [0.25, 0.3) is 0 Å². The molecule has 3 heterocycles. The van der Waals surface area contributed by atoms with Crippen molar-refractivity contribution in [2.45, 2.75) is 32.4 Å². The van der Waals surface area contributed by atoms with Gasteiger partial charge in [-0.05, 0) is 22.7 Å². The molecule has 1 N–H and O–H groups in total. The van der Waals surface area contributed by atoms with Gasteiger partial charge in [0.1, 0.15) is 12.7 Å². The van der Waals surface area contributed by atoms with Crippen LogP contribution in [0.4, 0.5) is 5.82 Å². The van der Waals surface area contributed by atoms with Crippen molar-refractivity contribution in [3.8, 4) is 0 Å². The topological polar surface area (TPSA) is 114 Å². The predicted molar refractivity (Wildman–Crippen MR) is 95.1 cm³/mol. The number of nitrogens with one attached hydrogen (secondary N) is 1. The second kappa shape index (κ2) is 8.45. The van der Waals surface area contributed by atoms with Crippen molar-refractivity contribution in [2.24, 2.45) is 0 Å². The van der Waals surface area contributed by atoms with Gasteiger partial charge in [-0.1, -0.05) is 0 Å². The van der Waals surface area contributed by atoms with Crippen molar-refractivity contribution in [3.63, 3.8) is 0 Å². The summed E-state index contributed by atoms with van der Waals surface area (Å²) < 4.78 is 1.50. The zero-order chi connectivity index (χ0) is 18.0. The highest BCUT2D eigenvalue weighted by molar-refractivity contribution is 5.85. The summed E-state index contributed by atoms with van der Waals surface area (Å²) >= 11 is 0. The molecule has 3 rings (SSSR count). The van der Waals surface area contributed by atoms with Crippen LogP contribution in [0.15, 0.2) is 6.20 Å². The van der Waals surface area contributed by atoms with Gasteiger partial charge in [0.05, 0.1) is 6.54 Å². The molecule has 2 saturated heterocycles. The van der Waals surface area contributed by atoms with Gasteiger partial charge in [0.15, 0.2) is 0 Å². The first kappa shape index (κ1) is 20.1. The molecule has 2 amide bonds. The first-order valence-corrected chi connectivity index (χ1v) is 8.42. The molecule has 2 fully saturated rings. The van der Waals surface area contributed by atoms with Gasteiger partial charge in [-0.25, -0.2) is 0 Å². The number of carbonyl (C=O) groups is 2. The summed E-state index contributed by atoms with van der Waals surface area (Å²) in [6.07, 6.45) is 3.02. The van der Waals surface area contributed by atoms with Crippen LogP contribution in [-0.2, 0) is 16.1 Å². The minimum absolute atomic E-state index is 0. The van der Waals surface area contributed by atoms with Crippen molar-refractivity contribution in [1.29, 1.82) is 0 Å². The fourth-order valence-corrected chi connectivity index (χ4v) is 3.43. The Hall–Kier alpha value is -2.20. The SMILES string of the molecule is Cc1nc([N+](=O)[O-])cn1CC(=O)N1CCCC(N2CCNCC2=O)C1.Cl. The molecule has 10 nitrogen and oxygen atoms in total. The molecular formula is C15H23ClN6O4. The van der Waals surface area contributed by atoms with Crippen molar-refractivity contribution < 1.29 is 14.5 Å². The van der Waals surface area contributed by atoms with Gasteiger partial charge < -0.3 is 25.2 Å². The Morgan fingerprint density at radius 3 is 2.88 bits per heavy atom. The number of imidazole rings is 1. The van der Waals surface area contributed by atoms with E-state index < -0.39 is 4.92 Å². The Balaban J connectivity index is 0.00000243. The number of piperazine rings is 1. The second-order valence-electron chi connectivity index (χ2n) is 6.43. The Labute approximate surface area is 157 Å². The van der Waals surface area contributed by atoms with Crippen LogP contribution < -0.4 is 5.32 Å². The Morgan fingerprint density at radius 1 is 1.46 bits per heavy atom. The highest BCUT2D eigenvalue weighted by Crippen LogP contribution is 2.18. The largest absolute Gasteiger partial charge is 0.381 e. The van der Waals surface area contributed by atoms with Gasteiger partial charge in [-0.3, -0.25) is 14.2 Å². The van der Waals surface area contributed by atoms with Crippen molar-refractivity contribution in [1.82, 2.24) is 24.7 Å². The molecule has 1 aromatic rings. The number of nitrogens with zero attached hydrogens (tertiary/aromatic N) is 5. The van der Waals surface area contributed by atoms with E-state index in [2.05, 4.69) is 10.3 Å². The molecule has 1 unspecified atom stereocenters. The molecule has 0 saturated carbocycles. The van der Waals surface area contributed by atoms with Crippen LogP contribution >= 0.6 is 12.4 Å². The van der Waals surface area contributed by atoms with E-state index in [1.165, 1.54) is 10.8 Å². The molecule has 0 aliphatic carbocycles. The van der Waals surface area contributed by atoms with Crippen molar-refractivity contribution >= 4 is 30.0 Å². The number of carbonyl (C=O) groups excluding carboxylic acids is 2. The molecule has 144 valence electrons. The normalized spacial score (nSPS) is 20.7. The van der Waals surface area contributed by atoms with Crippen molar-refractivity contribution in [2.75, 3.05) is 32.7 Å². The zero-order valence-corrected chi connectivity index (χ0v) is 15.4. The third-order valence-corrected chi connectivity index (χ3v) is 4.77. The minimum Gasteiger partial charge on any atom is -0.358 e. The third kappa shape index (κ3) is 4.31. The van der Waals surface area contributed by atoms with Crippen LogP contribution in [-0.4, -0.2) is 74.9 Å². The van der Waals surface area contributed by atoms with Crippen LogP contribution in [0.1, 0.15) is 18.7 Å². The number of piperidine rings is 1. The zero-order valence-electron chi connectivity index (χ0n) is 14.6. The van der Waals surface area contributed by atoms with E-state index in [1.807, 2.05) is 4.90 Å². The summed E-state index contributed by atoms with van der Waals surface area (Å²) in [7, 11) is 0. The van der Waals surface area contributed by atoms with Gasteiger partial charge in [-0.15, -0.1) is 12.4 Å². The maximum Gasteiger partial charge on any atom is 0.381 e. The number of hydrogen-bond donors (Lipinski definition) is 1. The van der Waals surface area contributed by atoms with Crippen LogP contribution in [0, 0.1) is 17.0 Å². The van der Waals surface area contributed by atoms with Crippen molar-refractivity contribution in [3.05, 3.63) is 22.1 Å². The number of likely N-dealkylation sites (tertiary alicyclic amines) is 1. The summed E-state index contributed by atoms with van der Waals surface area (Å²) in [5, 5.41) is 13.8. The van der Waals surface area contributed by atoms with E-state index in [0.29, 0.717) is 32.0 Å². The minimum atomic E-state index is -0.569. The lowest BCUT2D eigenvalue weighted by atomic mass is 10.0. The van der Waals surface area contributed by atoms with E-state index in [-0.39, 0.29) is 42.6 Å². The lowest BCUT2D eigenvalue weighted by Gasteiger charge is -2.41. The Kier molecular flexibility index (Phi) is 6.54. The molecule has 2 aliphatic heterocycles. The number of halogens is 1. The number of aromatic nitrogens is 2. The molecule has 0 aromatic carbocycles. The van der Waals surface area contributed by atoms with Gasteiger partial charge in [0, 0.05) is 39.1 Å². The summed E-state index contributed by atoms with van der Waals surface area (Å²) in [5.74, 6) is 0.147. The van der Waals surface area contributed by atoms with Gasteiger partial charge >= 0.3 is 5.82 Å². The molecule has 1 atom stereocenters. The van der Waals surface area contributed by atoms with Gasteiger partial charge in [0.25, 0.3) is 0 Å². The van der Waals surface area contributed by atoms with E-state index in [9.17, 15) is 19.7 Å². The molecule has 0 radical (unpaired) electrons. The molecule has 0 bridgehead atoms. The molecular weight excluding hydrogens is 364 g/mol. The summed E-state index contributed by atoms with van der Waals surface area (Å²) in [4.78, 5) is 42.3. The number of rotatable bonds is 4. The number of nitro groups is 1. The Bertz CT molecular complexity index is 694. The monoisotopic (exact) mass is 386 g/mol. The molecule has 26 heavy (non-hydrogen) atoms. The van der Waals surface area contributed by atoms with E-state index in [1.54, 1.807) is 11.8 Å². The summed E-state index contributed by atoms with van der Waals surface area (Å²) in [6.45, 7) is 4.61. The van der Waals surface area contributed by atoms with Crippen LogP contribution in [0.3, 0.4) is 0 Å². The average Bonchev–Trinajstić information content (AvgIpc) is 2.96. The third-order valence-electron chi connectivity index (χ3n) is 4.77. The molecule has 11 heteroatoms.